The first kappa shape index (κ1) is 18.8. The molecular weight excluding hydrogens is 344 g/mol. The lowest BCUT2D eigenvalue weighted by atomic mass is 10.1. The Bertz CT molecular complexity index is 811. The van der Waals surface area contributed by atoms with Crippen molar-refractivity contribution in [3.8, 4) is 5.75 Å². The van der Waals surface area contributed by atoms with Crippen molar-refractivity contribution in [2.45, 2.75) is 58.6 Å². The van der Waals surface area contributed by atoms with E-state index in [0.29, 0.717) is 11.6 Å². The Balaban J connectivity index is 1.66. The van der Waals surface area contributed by atoms with Crippen molar-refractivity contribution < 1.29 is 4.74 Å². The highest BCUT2D eigenvalue weighted by molar-refractivity contribution is 6.30. The molecule has 0 saturated carbocycles. The van der Waals surface area contributed by atoms with Gasteiger partial charge in [0.05, 0.1) is 11.0 Å². The Morgan fingerprint density at radius 3 is 2.46 bits per heavy atom. The van der Waals surface area contributed by atoms with Crippen molar-refractivity contribution in [2.75, 3.05) is 0 Å². The molecule has 0 bridgehead atoms. The van der Waals surface area contributed by atoms with Gasteiger partial charge in [-0.25, -0.2) is 4.98 Å². The van der Waals surface area contributed by atoms with E-state index in [0.717, 1.165) is 23.6 Å². The second-order valence-corrected chi connectivity index (χ2v) is 7.12. The topological polar surface area (TPSA) is 27.1 Å². The minimum atomic E-state index is 0.464. The van der Waals surface area contributed by atoms with Crippen molar-refractivity contribution in [3.05, 3.63) is 59.4 Å². The van der Waals surface area contributed by atoms with E-state index >= 15 is 0 Å². The third kappa shape index (κ3) is 5.01. The number of hydrogen-bond acceptors (Lipinski definition) is 2. The fourth-order valence-electron chi connectivity index (χ4n) is 3.21. The summed E-state index contributed by atoms with van der Waals surface area (Å²) in [6, 6.07) is 15.8. The number of benzene rings is 2. The van der Waals surface area contributed by atoms with Crippen molar-refractivity contribution in [1.82, 2.24) is 9.55 Å². The zero-order chi connectivity index (χ0) is 18.2. The van der Waals surface area contributed by atoms with Gasteiger partial charge in [0.1, 0.15) is 18.2 Å². The van der Waals surface area contributed by atoms with E-state index in [-0.39, 0.29) is 0 Å². The van der Waals surface area contributed by atoms with E-state index in [9.17, 15) is 0 Å². The summed E-state index contributed by atoms with van der Waals surface area (Å²) in [6.07, 6.45) is 7.74. The highest BCUT2D eigenvalue weighted by atomic mass is 35.5. The molecule has 26 heavy (non-hydrogen) atoms. The maximum Gasteiger partial charge on any atom is 0.147 e. The number of hydrogen-bond donors (Lipinski definition) is 0. The minimum absolute atomic E-state index is 0.464. The molecule has 1 heterocycles. The van der Waals surface area contributed by atoms with Crippen LogP contribution in [0.1, 0.15) is 51.3 Å². The van der Waals surface area contributed by atoms with Gasteiger partial charge in [0, 0.05) is 11.6 Å². The molecule has 0 amide bonds. The summed E-state index contributed by atoms with van der Waals surface area (Å²) in [5.74, 6) is 1.79. The normalized spacial score (nSPS) is 11.2. The number of para-hydroxylation sites is 2. The van der Waals surface area contributed by atoms with Crippen molar-refractivity contribution in [3.63, 3.8) is 0 Å². The van der Waals surface area contributed by atoms with Gasteiger partial charge in [0.15, 0.2) is 0 Å². The van der Waals surface area contributed by atoms with Gasteiger partial charge < -0.3 is 9.30 Å². The molecule has 0 radical (unpaired) electrons. The van der Waals surface area contributed by atoms with Crippen molar-refractivity contribution in [1.29, 1.82) is 0 Å². The van der Waals surface area contributed by atoms with Crippen LogP contribution in [0.25, 0.3) is 11.0 Å². The summed E-state index contributed by atoms with van der Waals surface area (Å²) in [5, 5.41) is 0.715. The predicted molar refractivity (Wildman–Crippen MR) is 109 cm³/mol. The molecule has 0 N–H and O–H groups in total. The summed E-state index contributed by atoms with van der Waals surface area (Å²) in [6.45, 7) is 3.71. The summed E-state index contributed by atoms with van der Waals surface area (Å²) >= 11 is 5.94. The largest absolute Gasteiger partial charge is 0.486 e. The minimum Gasteiger partial charge on any atom is -0.486 e. The lowest BCUT2D eigenvalue weighted by Gasteiger charge is -2.11. The molecule has 3 rings (SSSR count). The predicted octanol–water partition coefficient (Wildman–Crippen LogP) is 6.63. The molecule has 3 nitrogen and oxygen atoms in total. The third-order valence-corrected chi connectivity index (χ3v) is 4.90. The first-order chi connectivity index (χ1) is 12.8. The van der Waals surface area contributed by atoms with Gasteiger partial charge >= 0.3 is 0 Å². The fourth-order valence-corrected chi connectivity index (χ4v) is 3.34. The molecule has 2 aromatic carbocycles. The molecule has 4 heteroatoms. The smallest absolute Gasteiger partial charge is 0.147 e. The number of imidazole rings is 1. The van der Waals surface area contributed by atoms with Crippen LogP contribution in [-0.4, -0.2) is 9.55 Å². The first-order valence-electron chi connectivity index (χ1n) is 9.60. The van der Waals surface area contributed by atoms with Crippen LogP contribution >= 0.6 is 11.6 Å². The highest BCUT2D eigenvalue weighted by Crippen LogP contribution is 2.21. The standard InChI is InChI=1S/C22H27ClN2O/c1-2-3-4-5-6-9-16-25-21-11-8-7-10-20(21)24-22(25)17-26-19-14-12-18(23)13-15-19/h7-8,10-15H,2-6,9,16-17H2,1H3. The van der Waals surface area contributed by atoms with E-state index in [1.165, 1.54) is 44.0 Å². The lowest BCUT2D eigenvalue weighted by Crippen LogP contribution is -2.07. The first-order valence-corrected chi connectivity index (χ1v) is 9.98. The third-order valence-electron chi connectivity index (χ3n) is 4.65. The molecule has 3 aromatic rings. The number of rotatable bonds is 10. The Morgan fingerprint density at radius 1 is 0.923 bits per heavy atom. The zero-order valence-electron chi connectivity index (χ0n) is 15.5. The number of aromatic nitrogens is 2. The Hall–Kier alpha value is -2.00. The fraction of sp³-hybridized carbons (Fsp3) is 0.409. The Labute approximate surface area is 161 Å². The summed E-state index contributed by atoms with van der Waals surface area (Å²) in [7, 11) is 0. The van der Waals surface area contributed by atoms with Gasteiger partial charge in [-0.05, 0) is 42.8 Å². The molecule has 0 fully saturated rings. The average Bonchev–Trinajstić information content (AvgIpc) is 3.02. The van der Waals surface area contributed by atoms with Crippen LogP contribution < -0.4 is 4.74 Å². The number of unbranched alkanes of at least 4 members (excludes halogenated alkanes) is 5. The summed E-state index contributed by atoms with van der Waals surface area (Å²) in [5.41, 5.74) is 2.23. The molecule has 138 valence electrons. The number of ether oxygens (including phenoxy) is 1. The SMILES string of the molecule is CCCCCCCCn1c(COc2ccc(Cl)cc2)nc2ccccc21. The molecule has 0 spiro atoms. The van der Waals surface area contributed by atoms with E-state index in [1.54, 1.807) is 0 Å². The molecule has 0 unspecified atom stereocenters. The van der Waals surface area contributed by atoms with Crippen molar-refractivity contribution in [2.24, 2.45) is 0 Å². The van der Waals surface area contributed by atoms with Gasteiger partial charge in [-0.3, -0.25) is 0 Å². The van der Waals surface area contributed by atoms with Crippen LogP contribution in [0.15, 0.2) is 48.5 Å². The summed E-state index contributed by atoms with van der Waals surface area (Å²) in [4.78, 5) is 4.79. The van der Waals surface area contributed by atoms with E-state index < -0.39 is 0 Å². The van der Waals surface area contributed by atoms with Crippen LogP contribution in [0.4, 0.5) is 0 Å². The second kappa shape index (κ2) is 9.63. The molecule has 1 aromatic heterocycles. The number of fused-ring (bicyclic) bond motifs is 1. The quantitative estimate of drug-likeness (QED) is 0.374. The average molecular weight is 371 g/mol. The van der Waals surface area contributed by atoms with Gasteiger partial charge in [0.2, 0.25) is 0 Å². The molecule has 0 atom stereocenters. The Kier molecular flexibility index (Phi) is 6.96. The number of halogens is 1. The lowest BCUT2D eigenvalue weighted by molar-refractivity contribution is 0.289. The van der Waals surface area contributed by atoms with Crippen LogP contribution in [0, 0.1) is 0 Å². The maximum atomic E-state index is 5.94. The Morgan fingerprint density at radius 2 is 1.65 bits per heavy atom. The second-order valence-electron chi connectivity index (χ2n) is 6.68. The van der Waals surface area contributed by atoms with Gasteiger partial charge in [-0.2, -0.15) is 0 Å². The molecule has 0 aliphatic heterocycles. The monoisotopic (exact) mass is 370 g/mol. The maximum absolute atomic E-state index is 5.94. The van der Waals surface area contributed by atoms with Gasteiger partial charge in [-0.15, -0.1) is 0 Å². The van der Waals surface area contributed by atoms with E-state index in [1.807, 2.05) is 30.3 Å². The van der Waals surface area contributed by atoms with Crippen LogP contribution in [0.2, 0.25) is 5.02 Å². The molecule has 0 aliphatic rings. The summed E-state index contributed by atoms with van der Waals surface area (Å²) < 4.78 is 8.25. The molecular formula is C22H27ClN2O. The van der Waals surface area contributed by atoms with Crippen LogP contribution in [-0.2, 0) is 13.2 Å². The van der Waals surface area contributed by atoms with Gasteiger partial charge in [0.25, 0.3) is 0 Å². The van der Waals surface area contributed by atoms with E-state index in [4.69, 9.17) is 21.3 Å². The van der Waals surface area contributed by atoms with Gasteiger partial charge in [-0.1, -0.05) is 62.8 Å². The molecule has 0 saturated heterocycles. The van der Waals surface area contributed by atoms with E-state index in [2.05, 4.69) is 29.7 Å². The zero-order valence-corrected chi connectivity index (χ0v) is 16.2. The molecule has 0 aliphatic carbocycles. The number of nitrogens with zero attached hydrogens (tertiary/aromatic N) is 2. The van der Waals surface area contributed by atoms with Crippen molar-refractivity contribution >= 4 is 22.6 Å². The number of aryl methyl sites for hydroxylation is 1. The van der Waals surface area contributed by atoms with Crippen LogP contribution in [0.5, 0.6) is 5.75 Å². The van der Waals surface area contributed by atoms with Crippen LogP contribution in [0.3, 0.4) is 0 Å². The highest BCUT2D eigenvalue weighted by Gasteiger charge is 2.11.